The maximum absolute atomic E-state index is 13.8. The number of carbonyl (C=O) groups is 2. The molecule has 7 nitrogen and oxygen atoms in total. The van der Waals surface area contributed by atoms with E-state index in [9.17, 15) is 22.4 Å². The summed E-state index contributed by atoms with van der Waals surface area (Å²) in [5.41, 5.74) is 0.886. The molecule has 2 amide bonds. The Bertz CT molecular complexity index is 1320. The van der Waals surface area contributed by atoms with Gasteiger partial charge in [-0.3, -0.25) is 13.9 Å². The van der Waals surface area contributed by atoms with Crippen LogP contribution in [0.5, 0.6) is 0 Å². The third kappa shape index (κ3) is 7.55. The zero-order valence-electron chi connectivity index (χ0n) is 21.3. The maximum atomic E-state index is 13.8. The van der Waals surface area contributed by atoms with Gasteiger partial charge in [-0.2, -0.15) is 0 Å². The lowest BCUT2D eigenvalue weighted by Gasteiger charge is -2.32. The molecule has 0 saturated heterocycles. The van der Waals surface area contributed by atoms with Crippen LogP contribution in [0.25, 0.3) is 0 Å². The van der Waals surface area contributed by atoms with Crippen molar-refractivity contribution < 1.29 is 22.4 Å². The molecule has 0 heterocycles. The second kappa shape index (κ2) is 13.4. The highest BCUT2D eigenvalue weighted by molar-refractivity contribution is 7.92. The van der Waals surface area contributed by atoms with E-state index in [2.05, 4.69) is 5.32 Å². The Labute approximate surface area is 228 Å². The van der Waals surface area contributed by atoms with Crippen molar-refractivity contribution in [2.45, 2.75) is 44.2 Å². The van der Waals surface area contributed by atoms with E-state index in [1.807, 2.05) is 6.92 Å². The average molecular weight is 560 g/mol. The molecule has 0 aliphatic heterocycles. The highest BCUT2D eigenvalue weighted by Gasteiger charge is 2.32. The molecule has 0 radical (unpaired) electrons. The van der Waals surface area contributed by atoms with Gasteiger partial charge in [-0.15, -0.1) is 0 Å². The number of unbranched alkanes of at least 4 members (excludes halogenated alkanes) is 1. The van der Waals surface area contributed by atoms with E-state index in [1.165, 1.54) is 53.4 Å². The average Bonchev–Trinajstić information content (AvgIpc) is 2.91. The lowest BCUT2D eigenvalue weighted by molar-refractivity contribution is -0.139. The summed E-state index contributed by atoms with van der Waals surface area (Å²) >= 11 is 5.95. The number of hydrogen-bond acceptors (Lipinski definition) is 4. The second-order valence-corrected chi connectivity index (χ2v) is 11.1. The number of anilines is 1. The quantitative estimate of drug-likeness (QED) is 0.316. The highest BCUT2D eigenvalue weighted by Crippen LogP contribution is 2.25. The number of sulfonamides is 1. The first kappa shape index (κ1) is 29.1. The first-order valence-electron chi connectivity index (χ1n) is 12.3. The van der Waals surface area contributed by atoms with E-state index in [-0.39, 0.29) is 23.0 Å². The van der Waals surface area contributed by atoms with E-state index in [0.717, 1.165) is 17.1 Å². The summed E-state index contributed by atoms with van der Waals surface area (Å²) in [7, 11) is -4.16. The Morgan fingerprint density at radius 1 is 0.974 bits per heavy atom. The molecule has 0 aliphatic carbocycles. The third-order valence-corrected chi connectivity index (χ3v) is 8.03. The fourth-order valence-electron chi connectivity index (χ4n) is 3.76. The van der Waals surface area contributed by atoms with Crippen molar-refractivity contribution in [1.82, 2.24) is 10.2 Å². The molecule has 0 fully saturated rings. The van der Waals surface area contributed by atoms with Gasteiger partial charge in [0.25, 0.3) is 10.0 Å². The van der Waals surface area contributed by atoms with Crippen LogP contribution in [0, 0.1) is 5.82 Å². The van der Waals surface area contributed by atoms with E-state index in [1.54, 1.807) is 37.3 Å². The SMILES string of the molecule is CCCCNC(=O)[C@H](C)N(Cc1ccc(F)cc1)C(=O)CN(c1ccccc1)S(=O)(=O)c1ccc(Cl)cc1. The number of rotatable bonds is 12. The van der Waals surface area contributed by atoms with Crippen molar-refractivity contribution in [3.8, 4) is 0 Å². The molecule has 1 N–H and O–H groups in total. The molecule has 202 valence electrons. The standard InChI is InChI=1S/C28H31ClFN3O4S/c1-3-4-18-31-28(35)21(2)32(19-22-10-14-24(30)15-11-22)27(34)20-33(25-8-6-5-7-9-25)38(36,37)26-16-12-23(29)13-17-26/h5-17,21H,3-4,18-20H2,1-2H3,(H,31,35)/t21-/m0/s1. The second-order valence-electron chi connectivity index (χ2n) is 8.77. The van der Waals surface area contributed by atoms with Crippen molar-refractivity contribution >= 4 is 39.1 Å². The molecule has 0 bridgehead atoms. The number of nitrogens with one attached hydrogen (secondary N) is 1. The van der Waals surface area contributed by atoms with Gasteiger partial charge in [-0.05, 0) is 67.4 Å². The Morgan fingerprint density at radius 2 is 1.61 bits per heavy atom. The molecular weight excluding hydrogens is 529 g/mol. The Hall–Kier alpha value is -3.43. The topological polar surface area (TPSA) is 86.8 Å². The number of amides is 2. The molecule has 0 aromatic heterocycles. The fraction of sp³-hybridized carbons (Fsp3) is 0.286. The molecule has 38 heavy (non-hydrogen) atoms. The zero-order chi connectivity index (χ0) is 27.7. The lowest BCUT2D eigenvalue weighted by Crippen LogP contribution is -2.51. The predicted octanol–water partition coefficient (Wildman–Crippen LogP) is 5.01. The van der Waals surface area contributed by atoms with Crippen LogP contribution in [0.15, 0.2) is 83.8 Å². The van der Waals surface area contributed by atoms with Crippen molar-refractivity contribution in [3.63, 3.8) is 0 Å². The molecule has 3 aromatic rings. The van der Waals surface area contributed by atoms with Gasteiger partial charge in [0.1, 0.15) is 18.4 Å². The van der Waals surface area contributed by atoms with E-state index >= 15 is 0 Å². The van der Waals surface area contributed by atoms with Crippen LogP contribution in [-0.4, -0.2) is 44.3 Å². The largest absolute Gasteiger partial charge is 0.354 e. The normalized spacial score (nSPS) is 12.0. The van der Waals surface area contributed by atoms with Gasteiger partial charge in [-0.1, -0.05) is 55.3 Å². The van der Waals surface area contributed by atoms with Crippen molar-refractivity contribution in [2.24, 2.45) is 0 Å². The summed E-state index contributed by atoms with van der Waals surface area (Å²) in [5.74, 6) is -1.38. The third-order valence-electron chi connectivity index (χ3n) is 5.99. The Kier molecular flexibility index (Phi) is 10.3. The number of carbonyl (C=O) groups excluding carboxylic acids is 2. The van der Waals surface area contributed by atoms with Gasteiger partial charge in [0.05, 0.1) is 10.6 Å². The van der Waals surface area contributed by atoms with Crippen molar-refractivity contribution in [2.75, 3.05) is 17.4 Å². The van der Waals surface area contributed by atoms with Gasteiger partial charge >= 0.3 is 0 Å². The van der Waals surface area contributed by atoms with Crippen LogP contribution in [0.3, 0.4) is 0 Å². The Balaban J connectivity index is 1.96. The van der Waals surface area contributed by atoms with Gasteiger partial charge < -0.3 is 10.2 Å². The summed E-state index contributed by atoms with van der Waals surface area (Å²) in [6.07, 6.45) is 1.67. The lowest BCUT2D eigenvalue weighted by atomic mass is 10.1. The molecular formula is C28H31ClFN3O4S. The van der Waals surface area contributed by atoms with Crippen molar-refractivity contribution in [3.05, 3.63) is 95.3 Å². The minimum absolute atomic E-state index is 0.00883. The number of para-hydroxylation sites is 1. The number of nitrogens with zero attached hydrogens (tertiary/aromatic N) is 2. The smallest absolute Gasteiger partial charge is 0.264 e. The molecule has 1 atom stereocenters. The minimum Gasteiger partial charge on any atom is -0.354 e. The van der Waals surface area contributed by atoms with E-state index in [4.69, 9.17) is 11.6 Å². The van der Waals surface area contributed by atoms with Crippen LogP contribution < -0.4 is 9.62 Å². The van der Waals surface area contributed by atoms with Gasteiger partial charge in [-0.25, -0.2) is 12.8 Å². The summed E-state index contributed by atoms with van der Waals surface area (Å²) in [4.78, 5) is 27.9. The van der Waals surface area contributed by atoms with Crippen LogP contribution in [0.1, 0.15) is 32.3 Å². The first-order chi connectivity index (χ1) is 18.1. The minimum atomic E-state index is -4.16. The summed E-state index contributed by atoms with van der Waals surface area (Å²) in [5, 5.41) is 3.20. The first-order valence-corrected chi connectivity index (χ1v) is 14.1. The summed E-state index contributed by atoms with van der Waals surface area (Å²) in [6.45, 7) is 3.48. The maximum Gasteiger partial charge on any atom is 0.264 e. The summed E-state index contributed by atoms with van der Waals surface area (Å²) < 4.78 is 41.8. The number of benzene rings is 3. The highest BCUT2D eigenvalue weighted by atomic mass is 35.5. The predicted molar refractivity (Wildman–Crippen MR) is 147 cm³/mol. The molecule has 0 unspecified atom stereocenters. The molecule has 0 saturated carbocycles. The van der Waals surface area contributed by atoms with Gasteiger partial charge in [0.15, 0.2) is 0 Å². The molecule has 10 heteroatoms. The number of hydrogen-bond donors (Lipinski definition) is 1. The molecule has 0 aliphatic rings. The van der Waals surface area contributed by atoms with E-state index < -0.39 is 34.3 Å². The van der Waals surface area contributed by atoms with Gasteiger partial charge in [0, 0.05) is 18.1 Å². The molecule has 3 rings (SSSR count). The van der Waals surface area contributed by atoms with Crippen LogP contribution in [0.2, 0.25) is 5.02 Å². The zero-order valence-corrected chi connectivity index (χ0v) is 22.9. The van der Waals surface area contributed by atoms with Crippen LogP contribution in [0.4, 0.5) is 10.1 Å². The molecule has 3 aromatic carbocycles. The van der Waals surface area contributed by atoms with Crippen molar-refractivity contribution in [1.29, 1.82) is 0 Å². The summed E-state index contributed by atoms with van der Waals surface area (Å²) in [6, 6.07) is 18.6. The van der Waals surface area contributed by atoms with Crippen LogP contribution in [-0.2, 0) is 26.2 Å². The fourth-order valence-corrected chi connectivity index (χ4v) is 5.30. The number of halogens is 2. The van der Waals surface area contributed by atoms with E-state index in [0.29, 0.717) is 17.1 Å². The van der Waals surface area contributed by atoms with Gasteiger partial charge in [0.2, 0.25) is 11.8 Å². The van der Waals surface area contributed by atoms with Crippen LogP contribution >= 0.6 is 11.6 Å². The Morgan fingerprint density at radius 3 is 2.21 bits per heavy atom. The monoisotopic (exact) mass is 559 g/mol. The molecule has 0 spiro atoms.